The average molecular weight is 521 g/mol. The molecule has 12 nitrogen and oxygen atoms in total. The Kier molecular flexibility index (Phi) is 6.89. The summed E-state index contributed by atoms with van der Waals surface area (Å²) in [5, 5.41) is 8.41. The Morgan fingerprint density at radius 1 is 1.13 bits per heavy atom. The number of carbonyl (C=O) groups excluding carboxylic acids is 2. The van der Waals surface area contributed by atoms with Gasteiger partial charge in [-0.05, 0) is 43.3 Å². The highest BCUT2D eigenvalue weighted by atomic mass is 19.1. The van der Waals surface area contributed by atoms with Gasteiger partial charge in [0.15, 0.2) is 29.0 Å². The molecule has 2 amide bonds. The van der Waals surface area contributed by atoms with E-state index in [-0.39, 0.29) is 35.3 Å². The Morgan fingerprint density at radius 2 is 1.89 bits per heavy atom. The lowest BCUT2D eigenvalue weighted by atomic mass is 10.2. The molecule has 2 aliphatic heterocycles. The quantitative estimate of drug-likeness (QED) is 0.414. The van der Waals surface area contributed by atoms with Crippen molar-refractivity contribution in [3.63, 3.8) is 0 Å². The molecule has 1 fully saturated rings. The van der Waals surface area contributed by atoms with E-state index in [2.05, 4.69) is 42.4 Å². The number of hydrogen-bond acceptors (Lipinski definition) is 10. The first-order chi connectivity index (χ1) is 18.4. The number of aromatic nitrogens is 3. The van der Waals surface area contributed by atoms with Gasteiger partial charge in [0.2, 0.25) is 5.95 Å². The van der Waals surface area contributed by atoms with Crippen LogP contribution in [-0.4, -0.2) is 64.6 Å². The van der Waals surface area contributed by atoms with Crippen LogP contribution in [0.15, 0.2) is 54.9 Å². The van der Waals surface area contributed by atoms with Crippen molar-refractivity contribution >= 4 is 46.8 Å². The van der Waals surface area contributed by atoms with Gasteiger partial charge in [-0.25, -0.2) is 19.2 Å². The van der Waals surface area contributed by atoms with Crippen LogP contribution in [0.5, 0.6) is 5.75 Å². The van der Waals surface area contributed by atoms with E-state index in [1.165, 1.54) is 0 Å². The number of rotatable bonds is 6. The van der Waals surface area contributed by atoms with Crippen LogP contribution in [0.4, 0.5) is 44.0 Å². The van der Waals surface area contributed by atoms with Gasteiger partial charge in [-0.1, -0.05) is 6.58 Å². The third-order valence-corrected chi connectivity index (χ3v) is 5.86. The molecule has 1 aromatic carbocycles. The molecule has 0 atom stereocenters. The van der Waals surface area contributed by atoms with Crippen LogP contribution in [0.2, 0.25) is 0 Å². The number of carbonyl (C=O) groups is 2. The van der Waals surface area contributed by atoms with Crippen molar-refractivity contribution in [2.75, 3.05) is 53.6 Å². The van der Waals surface area contributed by atoms with Crippen LogP contribution in [0, 0.1) is 5.82 Å². The van der Waals surface area contributed by atoms with Crippen molar-refractivity contribution in [1.29, 1.82) is 0 Å². The average Bonchev–Trinajstić information content (AvgIpc) is 2.92. The predicted molar refractivity (Wildman–Crippen MR) is 138 cm³/mol. The van der Waals surface area contributed by atoms with Gasteiger partial charge in [-0.2, -0.15) is 4.98 Å². The number of halogens is 1. The van der Waals surface area contributed by atoms with Crippen molar-refractivity contribution in [2.24, 2.45) is 0 Å². The largest absolute Gasteiger partial charge is 0.450 e. The molecular formula is C25H25FN8O4. The number of amides is 2. The number of nitrogens with zero attached hydrogens (tertiary/aromatic N) is 5. The number of pyridine rings is 1. The van der Waals surface area contributed by atoms with Crippen LogP contribution in [0.3, 0.4) is 0 Å². The van der Waals surface area contributed by atoms with Crippen LogP contribution in [0.1, 0.15) is 6.92 Å². The van der Waals surface area contributed by atoms with E-state index in [4.69, 9.17) is 9.47 Å². The molecule has 1 saturated heterocycles. The fourth-order valence-corrected chi connectivity index (χ4v) is 3.93. The smallest absolute Gasteiger partial charge is 0.409 e. The van der Waals surface area contributed by atoms with E-state index in [9.17, 15) is 14.0 Å². The van der Waals surface area contributed by atoms with Gasteiger partial charge in [-0.15, -0.1) is 0 Å². The van der Waals surface area contributed by atoms with E-state index < -0.39 is 11.7 Å². The van der Waals surface area contributed by atoms with Crippen molar-refractivity contribution in [3.05, 3.63) is 60.8 Å². The Balaban J connectivity index is 1.22. The second-order valence-corrected chi connectivity index (χ2v) is 8.38. The second kappa shape index (κ2) is 10.6. The minimum atomic E-state index is -0.680. The van der Waals surface area contributed by atoms with Gasteiger partial charge in [0, 0.05) is 37.6 Å². The fraction of sp³-hybridized carbons (Fsp3) is 0.240. The number of hydrogen-bond donors (Lipinski definition) is 3. The molecule has 2 aliphatic rings. The second-order valence-electron chi connectivity index (χ2n) is 8.38. The van der Waals surface area contributed by atoms with Crippen LogP contribution in [0.25, 0.3) is 0 Å². The molecule has 0 aliphatic carbocycles. The van der Waals surface area contributed by atoms with Crippen LogP contribution < -0.4 is 25.6 Å². The maximum absolute atomic E-state index is 14.4. The normalized spacial score (nSPS) is 14.8. The first-order valence-electron chi connectivity index (χ1n) is 11.9. The zero-order valence-electron chi connectivity index (χ0n) is 20.5. The molecule has 0 bridgehead atoms. The lowest BCUT2D eigenvalue weighted by Gasteiger charge is -2.35. The van der Waals surface area contributed by atoms with Gasteiger partial charge in [-0.3, -0.25) is 4.79 Å². The van der Waals surface area contributed by atoms with Crippen molar-refractivity contribution in [1.82, 2.24) is 19.9 Å². The molecule has 38 heavy (non-hydrogen) atoms. The molecule has 196 valence electrons. The minimum Gasteiger partial charge on any atom is -0.450 e. The van der Waals surface area contributed by atoms with Crippen LogP contribution in [-0.2, 0) is 9.53 Å². The molecule has 0 spiro atoms. The van der Waals surface area contributed by atoms with Crippen molar-refractivity contribution < 1.29 is 23.5 Å². The summed E-state index contributed by atoms with van der Waals surface area (Å²) in [5.74, 6) is -0.391. The number of ether oxygens (including phenoxy) is 2. The zero-order valence-corrected chi connectivity index (χ0v) is 20.5. The Morgan fingerprint density at radius 3 is 2.63 bits per heavy atom. The lowest BCUT2D eigenvalue weighted by Crippen LogP contribution is -2.49. The molecule has 2 aromatic heterocycles. The third-order valence-electron chi connectivity index (χ3n) is 5.86. The zero-order chi connectivity index (χ0) is 26.6. The van der Waals surface area contributed by atoms with E-state index in [0.29, 0.717) is 44.2 Å². The molecule has 0 radical (unpaired) electrons. The molecule has 3 aromatic rings. The summed E-state index contributed by atoms with van der Waals surface area (Å²) in [6.07, 6.45) is 0.761. The first kappa shape index (κ1) is 24.7. The summed E-state index contributed by atoms with van der Waals surface area (Å²) in [5.41, 5.74) is 1.73. The predicted octanol–water partition coefficient (Wildman–Crippen LogP) is 3.62. The summed E-state index contributed by atoms with van der Waals surface area (Å²) in [4.78, 5) is 40.0. The molecular weight excluding hydrogens is 495 g/mol. The van der Waals surface area contributed by atoms with Gasteiger partial charge in [0.05, 0.1) is 12.8 Å². The number of fused-ring (bicyclic) bond motifs is 1. The third kappa shape index (κ3) is 5.40. The SMILES string of the molecule is C=C1Oc2ccc(Nc3nc(Nc4ccc(N5CCN(C(=O)OCC)CC5)cc4)ncc3F)nc2NC1=O. The lowest BCUT2D eigenvalue weighted by molar-refractivity contribution is -0.115. The highest BCUT2D eigenvalue weighted by molar-refractivity contribution is 6.04. The molecule has 0 saturated carbocycles. The summed E-state index contributed by atoms with van der Waals surface area (Å²) in [6.45, 7) is 8.24. The van der Waals surface area contributed by atoms with Gasteiger partial charge < -0.3 is 35.2 Å². The molecule has 3 N–H and O–H groups in total. The minimum absolute atomic E-state index is 0.0397. The molecule has 5 rings (SSSR count). The maximum atomic E-state index is 14.4. The van der Waals surface area contributed by atoms with Crippen LogP contribution >= 0.6 is 0 Å². The Hall–Kier alpha value is -4.94. The standard InChI is InChI=1S/C25H25FN8O4/c1-3-37-25(36)34-12-10-33(11-13-34)17-6-4-16(5-7-17)28-24-27-14-18(26)21(32-24)29-20-9-8-19-22(30-20)31-23(35)15(2)38-19/h4-9,14H,2-3,10-13H2,1H3,(H3,27,28,29,30,31,32,35). The Bertz CT molecular complexity index is 1380. The topological polar surface area (TPSA) is 134 Å². The van der Waals surface area contributed by atoms with E-state index in [1.54, 1.807) is 24.0 Å². The van der Waals surface area contributed by atoms with Gasteiger partial charge in [0.25, 0.3) is 5.91 Å². The number of benzene rings is 1. The highest BCUT2D eigenvalue weighted by Gasteiger charge is 2.23. The highest BCUT2D eigenvalue weighted by Crippen LogP contribution is 2.31. The maximum Gasteiger partial charge on any atom is 0.409 e. The number of nitrogens with one attached hydrogen (secondary N) is 3. The monoisotopic (exact) mass is 520 g/mol. The van der Waals surface area contributed by atoms with Crippen molar-refractivity contribution in [2.45, 2.75) is 6.92 Å². The fourth-order valence-electron chi connectivity index (χ4n) is 3.93. The summed E-state index contributed by atoms with van der Waals surface area (Å²) in [7, 11) is 0. The van der Waals surface area contributed by atoms with E-state index >= 15 is 0 Å². The van der Waals surface area contributed by atoms with E-state index in [0.717, 1.165) is 11.9 Å². The number of anilines is 6. The molecule has 4 heterocycles. The van der Waals surface area contributed by atoms with Gasteiger partial charge >= 0.3 is 6.09 Å². The van der Waals surface area contributed by atoms with E-state index in [1.807, 2.05) is 24.3 Å². The molecule has 13 heteroatoms. The van der Waals surface area contributed by atoms with Crippen molar-refractivity contribution in [3.8, 4) is 5.75 Å². The summed E-state index contributed by atoms with van der Waals surface area (Å²) >= 11 is 0. The Labute approximate surface area is 217 Å². The summed E-state index contributed by atoms with van der Waals surface area (Å²) in [6, 6.07) is 10.8. The summed E-state index contributed by atoms with van der Waals surface area (Å²) < 4.78 is 24.8. The number of piperazine rings is 1. The van der Waals surface area contributed by atoms with Gasteiger partial charge in [0.1, 0.15) is 5.82 Å². The molecule has 0 unspecified atom stereocenters. The first-order valence-corrected chi connectivity index (χ1v) is 11.9.